The number of carbonyl (C=O) groups excluding carboxylic acids is 1. The average Bonchev–Trinajstić information content (AvgIpc) is 2.79. The zero-order chi connectivity index (χ0) is 21.8. The molecule has 0 aromatic carbocycles. The molecule has 2 atom stereocenters. The molecule has 0 saturated carbocycles. The van der Waals surface area contributed by atoms with Crippen LogP contribution < -0.4 is 0 Å². The van der Waals surface area contributed by atoms with Crippen LogP contribution in [0.4, 0.5) is 0 Å². The number of likely N-dealkylation sites (tertiary alicyclic amines) is 1. The number of hydrogen-bond donors (Lipinski definition) is 0. The fourth-order valence-corrected chi connectivity index (χ4v) is 4.39. The SMILES string of the molecule is Cc1ccc(-c2cccnc2)c(C(=O)N2CCC[C@@H](C)[C@H]2CCc2ncc(Cl)cn2)n1. The Morgan fingerprint density at radius 3 is 2.74 bits per heavy atom. The van der Waals surface area contributed by atoms with E-state index < -0.39 is 0 Å². The highest BCUT2D eigenvalue weighted by Gasteiger charge is 2.34. The monoisotopic (exact) mass is 435 g/mol. The predicted molar refractivity (Wildman–Crippen MR) is 121 cm³/mol. The number of piperidine rings is 1. The summed E-state index contributed by atoms with van der Waals surface area (Å²) in [6, 6.07) is 7.86. The van der Waals surface area contributed by atoms with Gasteiger partial charge in [0.2, 0.25) is 0 Å². The second kappa shape index (κ2) is 9.52. The van der Waals surface area contributed by atoms with Crippen molar-refractivity contribution in [2.45, 2.75) is 45.6 Å². The number of aryl methyl sites for hydroxylation is 2. The number of halogens is 1. The third-order valence-electron chi connectivity index (χ3n) is 5.92. The summed E-state index contributed by atoms with van der Waals surface area (Å²) in [4.78, 5) is 33.3. The Morgan fingerprint density at radius 2 is 2.00 bits per heavy atom. The molecule has 160 valence electrons. The van der Waals surface area contributed by atoms with Gasteiger partial charge in [0.25, 0.3) is 5.91 Å². The lowest BCUT2D eigenvalue weighted by atomic mass is 9.87. The highest BCUT2D eigenvalue weighted by atomic mass is 35.5. The van der Waals surface area contributed by atoms with Gasteiger partial charge in [0.05, 0.1) is 5.02 Å². The number of carbonyl (C=O) groups is 1. The summed E-state index contributed by atoms with van der Waals surface area (Å²) in [5.74, 6) is 1.13. The van der Waals surface area contributed by atoms with Gasteiger partial charge >= 0.3 is 0 Å². The number of rotatable bonds is 5. The Kier molecular flexibility index (Phi) is 6.56. The summed E-state index contributed by atoms with van der Waals surface area (Å²) in [6.45, 7) is 4.87. The standard InChI is InChI=1S/C24H26ClN5O/c1-16-5-4-12-30(21(16)9-10-22-27-14-19(25)15-28-22)24(31)23-20(8-7-17(2)29-23)18-6-3-11-26-13-18/h3,6-8,11,13-16,21H,4-5,9-10,12H2,1-2H3/t16-,21-/m1/s1. The van der Waals surface area contributed by atoms with E-state index in [4.69, 9.17) is 11.6 Å². The van der Waals surface area contributed by atoms with Gasteiger partial charge in [0.15, 0.2) is 0 Å². The first-order chi connectivity index (χ1) is 15.0. The molecule has 4 rings (SSSR count). The van der Waals surface area contributed by atoms with Gasteiger partial charge < -0.3 is 4.90 Å². The molecule has 3 aromatic rings. The highest BCUT2D eigenvalue weighted by Crippen LogP contribution is 2.30. The second-order valence-electron chi connectivity index (χ2n) is 8.13. The molecule has 3 aromatic heterocycles. The fraction of sp³-hybridized carbons (Fsp3) is 0.375. The topological polar surface area (TPSA) is 71.9 Å². The zero-order valence-corrected chi connectivity index (χ0v) is 18.6. The third-order valence-corrected chi connectivity index (χ3v) is 6.12. The van der Waals surface area contributed by atoms with Gasteiger partial charge in [-0.2, -0.15) is 0 Å². The highest BCUT2D eigenvalue weighted by molar-refractivity contribution is 6.30. The van der Waals surface area contributed by atoms with Crippen molar-refractivity contribution in [1.82, 2.24) is 24.8 Å². The van der Waals surface area contributed by atoms with Gasteiger partial charge in [-0.25, -0.2) is 15.0 Å². The lowest BCUT2D eigenvalue weighted by molar-refractivity contribution is 0.0493. The van der Waals surface area contributed by atoms with Crippen LogP contribution in [0.3, 0.4) is 0 Å². The van der Waals surface area contributed by atoms with Gasteiger partial charge in [-0.3, -0.25) is 9.78 Å². The van der Waals surface area contributed by atoms with E-state index in [0.29, 0.717) is 23.1 Å². The van der Waals surface area contributed by atoms with Gasteiger partial charge in [-0.05, 0) is 44.2 Å². The first-order valence-electron chi connectivity index (χ1n) is 10.7. The first-order valence-corrected chi connectivity index (χ1v) is 11.1. The summed E-state index contributed by atoms with van der Waals surface area (Å²) in [7, 11) is 0. The molecular formula is C24H26ClN5O. The number of nitrogens with zero attached hydrogens (tertiary/aromatic N) is 5. The Morgan fingerprint density at radius 1 is 1.19 bits per heavy atom. The lowest BCUT2D eigenvalue weighted by Crippen LogP contribution is -2.48. The minimum absolute atomic E-state index is 0.0175. The predicted octanol–water partition coefficient (Wildman–Crippen LogP) is 4.77. The smallest absolute Gasteiger partial charge is 0.273 e. The zero-order valence-electron chi connectivity index (χ0n) is 17.8. The Labute approximate surface area is 187 Å². The quantitative estimate of drug-likeness (QED) is 0.577. The lowest BCUT2D eigenvalue weighted by Gasteiger charge is -2.40. The van der Waals surface area contributed by atoms with Gasteiger partial charge in [0.1, 0.15) is 11.5 Å². The van der Waals surface area contributed by atoms with Crippen LogP contribution in [0.15, 0.2) is 49.1 Å². The molecule has 31 heavy (non-hydrogen) atoms. The Bertz CT molecular complexity index is 1040. The molecule has 1 aliphatic rings. The number of hydrogen-bond acceptors (Lipinski definition) is 5. The molecule has 0 aliphatic carbocycles. The van der Waals surface area contributed by atoms with E-state index in [2.05, 4.69) is 26.9 Å². The van der Waals surface area contributed by atoms with Gasteiger partial charge in [-0.1, -0.05) is 30.7 Å². The van der Waals surface area contributed by atoms with Crippen LogP contribution in [0.5, 0.6) is 0 Å². The molecule has 1 fully saturated rings. The summed E-state index contributed by atoms with van der Waals surface area (Å²) < 4.78 is 0. The van der Waals surface area contributed by atoms with Crippen molar-refractivity contribution in [2.75, 3.05) is 6.54 Å². The molecule has 0 unspecified atom stereocenters. The summed E-state index contributed by atoms with van der Waals surface area (Å²) >= 11 is 5.91. The van der Waals surface area contributed by atoms with Crippen LogP contribution in [-0.4, -0.2) is 43.3 Å². The molecule has 7 heteroatoms. The number of pyridine rings is 2. The van der Waals surface area contributed by atoms with E-state index in [9.17, 15) is 4.79 Å². The van der Waals surface area contributed by atoms with Crippen molar-refractivity contribution in [3.63, 3.8) is 0 Å². The van der Waals surface area contributed by atoms with E-state index in [-0.39, 0.29) is 11.9 Å². The first kappa shape index (κ1) is 21.4. The van der Waals surface area contributed by atoms with Crippen molar-refractivity contribution in [2.24, 2.45) is 5.92 Å². The Hall–Kier alpha value is -2.86. The molecule has 1 amide bonds. The van der Waals surface area contributed by atoms with Crippen molar-refractivity contribution in [1.29, 1.82) is 0 Å². The van der Waals surface area contributed by atoms with E-state index in [0.717, 1.165) is 48.5 Å². The molecular weight excluding hydrogens is 410 g/mol. The van der Waals surface area contributed by atoms with Crippen molar-refractivity contribution in [3.05, 3.63) is 71.3 Å². The van der Waals surface area contributed by atoms with Gasteiger partial charge in [0, 0.05) is 60.6 Å². The second-order valence-corrected chi connectivity index (χ2v) is 8.57. The van der Waals surface area contributed by atoms with E-state index in [1.54, 1.807) is 24.8 Å². The van der Waals surface area contributed by atoms with Crippen LogP contribution >= 0.6 is 11.6 Å². The maximum absolute atomic E-state index is 13.8. The number of aromatic nitrogens is 4. The molecule has 0 radical (unpaired) electrons. The molecule has 0 N–H and O–H groups in total. The molecule has 1 aliphatic heterocycles. The third kappa shape index (κ3) is 4.90. The number of amides is 1. The minimum atomic E-state index is -0.0175. The maximum Gasteiger partial charge on any atom is 0.273 e. The van der Waals surface area contributed by atoms with Crippen molar-refractivity contribution in [3.8, 4) is 11.1 Å². The van der Waals surface area contributed by atoms with Crippen molar-refractivity contribution < 1.29 is 4.79 Å². The maximum atomic E-state index is 13.8. The summed E-state index contributed by atoms with van der Waals surface area (Å²) in [5, 5.41) is 0.528. The fourth-order valence-electron chi connectivity index (χ4n) is 4.30. The van der Waals surface area contributed by atoms with Crippen LogP contribution in [0.1, 0.15) is 48.2 Å². The van der Waals surface area contributed by atoms with Crippen LogP contribution in [0, 0.1) is 12.8 Å². The van der Waals surface area contributed by atoms with Crippen molar-refractivity contribution >= 4 is 17.5 Å². The molecule has 0 spiro atoms. The summed E-state index contributed by atoms with van der Waals surface area (Å²) in [5.41, 5.74) is 3.04. The summed E-state index contributed by atoms with van der Waals surface area (Å²) in [6.07, 6.45) is 10.4. The van der Waals surface area contributed by atoms with E-state index in [1.165, 1.54) is 0 Å². The average molecular weight is 436 g/mol. The van der Waals surface area contributed by atoms with E-state index >= 15 is 0 Å². The molecule has 0 bridgehead atoms. The largest absolute Gasteiger partial charge is 0.334 e. The van der Waals surface area contributed by atoms with Crippen LogP contribution in [0.25, 0.3) is 11.1 Å². The van der Waals surface area contributed by atoms with Gasteiger partial charge in [-0.15, -0.1) is 0 Å². The molecule has 1 saturated heterocycles. The Balaban J connectivity index is 1.61. The normalized spacial score (nSPS) is 18.7. The van der Waals surface area contributed by atoms with Crippen LogP contribution in [-0.2, 0) is 6.42 Å². The van der Waals surface area contributed by atoms with Crippen LogP contribution in [0.2, 0.25) is 5.02 Å². The minimum Gasteiger partial charge on any atom is -0.334 e. The molecule has 4 heterocycles. The molecule has 6 nitrogen and oxygen atoms in total. The van der Waals surface area contributed by atoms with E-state index in [1.807, 2.05) is 36.1 Å².